The number of nitrogens with one attached hydrogen (secondary N) is 2. The molecule has 0 saturated heterocycles. The van der Waals surface area contributed by atoms with E-state index in [2.05, 4.69) is 24.5 Å². The van der Waals surface area contributed by atoms with Crippen LogP contribution in [0.15, 0.2) is 30.3 Å². The molecule has 0 aromatic heterocycles. The fourth-order valence-corrected chi connectivity index (χ4v) is 1.83. The van der Waals surface area contributed by atoms with Crippen LogP contribution in [-0.2, 0) is 4.79 Å². The van der Waals surface area contributed by atoms with Crippen molar-refractivity contribution in [3.8, 4) is 0 Å². The van der Waals surface area contributed by atoms with Gasteiger partial charge in [-0.1, -0.05) is 38.8 Å². The van der Waals surface area contributed by atoms with Gasteiger partial charge in [-0.15, -0.1) is 0 Å². The highest BCUT2D eigenvalue weighted by Gasteiger charge is 2.06. The molecule has 114 valence electrons. The third kappa shape index (κ3) is 6.61. The molecule has 21 heavy (non-hydrogen) atoms. The average Bonchev–Trinajstić information content (AvgIpc) is 2.47. The molecule has 0 aliphatic carbocycles. The van der Waals surface area contributed by atoms with E-state index in [-0.39, 0.29) is 6.03 Å². The molecule has 5 nitrogen and oxygen atoms in total. The Balaban J connectivity index is 2.48. The number of rotatable bonds is 7. The van der Waals surface area contributed by atoms with E-state index in [1.165, 1.54) is 6.08 Å². The number of carboxylic acid groups (broad SMARTS) is 1. The van der Waals surface area contributed by atoms with Crippen LogP contribution in [0.1, 0.15) is 32.3 Å². The zero-order chi connectivity index (χ0) is 15.7. The molecule has 0 aliphatic rings. The lowest BCUT2D eigenvalue weighted by Gasteiger charge is -2.13. The summed E-state index contributed by atoms with van der Waals surface area (Å²) in [6, 6.07) is 6.73. The van der Waals surface area contributed by atoms with Crippen molar-refractivity contribution in [2.75, 3.05) is 11.9 Å². The van der Waals surface area contributed by atoms with Crippen LogP contribution in [0.25, 0.3) is 6.08 Å². The average molecular weight is 290 g/mol. The first-order valence-electron chi connectivity index (χ1n) is 7.11. The number of hydrogen-bond acceptors (Lipinski definition) is 2. The van der Waals surface area contributed by atoms with Crippen molar-refractivity contribution in [3.05, 3.63) is 35.9 Å². The van der Waals surface area contributed by atoms with Crippen LogP contribution in [0.4, 0.5) is 10.5 Å². The number of carbonyl (C=O) groups is 2. The van der Waals surface area contributed by atoms with Gasteiger partial charge in [-0.2, -0.15) is 0 Å². The molecule has 0 unspecified atom stereocenters. The maximum atomic E-state index is 11.7. The minimum Gasteiger partial charge on any atom is -0.478 e. The minimum absolute atomic E-state index is 0.226. The largest absolute Gasteiger partial charge is 0.478 e. The molecule has 5 heteroatoms. The fraction of sp³-hybridized carbons (Fsp3) is 0.375. The number of urea groups is 1. The van der Waals surface area contributed by atoms with E-state index in [9.17, 15) is 9.59 Å². The summed E-state index contributed by atoms with van der Waals surface area (Å²) < 4.78 is 0. The second kappa shape index (κ2) is 8.79. The topological polar surface area (TPSA) is 78.4 Å². The van der Waals surface area contributed by atoms with Crippen LogP contribution in [0.5, 0.6) is 0 Å². The predicted molar refractivity (Wildman–Crippen MR) is 84.2 cm³/mol. The SMILES string of the molecule is CCC(CC)CNC(=O)Nc1ccc(/C=C/C(=O)O)cc1. The Kier molecular flexibility index (Phi) is 7.01. The van der Waals surface area contributed by atoms with Crippen LogP contribution in [0.3, 0.4) is 0 Å². The maximum absolute atomic E-state index is 11.7. The number of anilines is 1. The lowest BCUT2D eigenvalue weighted by atomic mass is 10.0. The van der Waals surface area contributed by atoms with Crippen molar-refractivity contribution in [1.29, 1.82) is 0 Å². The Morgan fingerprint density at radius 1 is 1.19 bits per heavy atom. The molecule has 1 rings (SSSR count). The third-order valence-electron chi connectivity index (χ3n) is 3.29. The Morgan fingerprint density at radius 2 is 1.81 bits per heavy atom. The highest BCUT2D eigenvalue weighted by molar-refractivity contribution is 5.89. The van der Waals surface area contributed by atoms with Gasteiger partial charge in [0.15, 0.2) is 0 Å². The van der Waals surface area contributed by atoms with Crippen molar-refractivity contribution in [2.24, 2.45) is 5.92 Å². The first-order chi connectivity index (χ1) is 10.0. The zero-order valence-electron chi connectivity index (χ0n) is 12.4. The van der Waals surface area contributed by atoms with Gasteiger partial charge >= 0.3 is 12.0 Å². The molecule has 0 radical (unpaired) electrons. The highest BCUT2D eigenvalue weighted by Crippen LogP contribution is 2.11. The lowest BCUT2D eigenvalue weighted by Crippen LogP contribution is -2.32. The molecule has 2 amide bonds. The molecule has 1 aromatic rings. The number of amides is 2. The van der Waals surface area contributed by atoms with E-state index in [1.807, 2.05) is 0 Å². The molecule has 0 spiro atoms. The fourth-order valence-electron chi connectivity index (χ4n) is 1.83. The summed E-state index contributed by atoms with van der Waals surface area (Å²) in [6.45, 7) is 4.88. The quantitative estimate of drug-likeness (QED) is 0.674. The van der Waals surface area contributed by atoms with E-state index in [1.54, 1.807) is 24.3 Å². The highest BCUT2D eigenvalue weighted by atomic mass is 16.4. The summed E-state index contributed by atoms with van der Waals surface area (Å²) in [6.07, 6.45) is 4.66. The van der Waals surface area contributed by atoms with Crippen LogP contribution in [0.2, 0.25) is 0 Å². The number of hydrogen-bond donors (Lipinski definition) is 3. The van der Waals surface area contributed by atoms with Crippen molar-refractivity contribution in [3.63, 3.8) is 0 Å². The van der Waals surface area contributed by atoms with E-state index in [4.69, 9.17) is 5.11 Å². The van der Waals surface area contributed by atoms with Crippen LogP contribution >= 0.6 is 0 Å². The van der Waals surface area contributed by atoms with Crippen molar-refractivity contribution in [1.82, 2.24) is 5.32 Å². The van der Waals surface area contributed by atoms with Crippen LogP contribution in [0, 0.1) is 5.92 Å². The van der Waals surface area contributed by atoms with E-state index in [0.29, 0.717) is 18.2 Å². The summed E-state index contributed by atoms with van der Waals surface area (Å²) in [5, 5.41) is 14.1. The lowest BCUT2D eigenvalue weighted by molar-refractivity contribution is -0.131. The second-order valence-electron chi connectivity index (χ2n) is 4.81. The molecule has 3 N–H and O–H groups in total. The molecular weight excluding hydrogens is 268 g/mol. The summed E-state index contributed by atoms with van der Waals surface area (Å²) >= 11 is 0. The predicted octanol–water partition coefficient (Wildman–Crippen LogP) is 3.34. The molecule has 0 bridgehead atoms. The molecular formula is C16H22N2O3. The van der Waals surface area contributed by atoms with Crippen molar-refractivity contribution in [2.45, 2.75) is 26.7 Å². The third-order valence-corrected chi connectivity index (χ3v) is 3.29. The summed E-state index contributed by atoms with van der Waals surface area (Å²) in [4.78, 5) is 22.1. The summed E-state index contributed by atoms with van der Waals surface area (Å²) in [5.74, 6) is -0.489. The van der Waals surface area contributed by atoms with Gasteiger partial charge < -0.3 is 15.7 Å². The van der Waals surface area contributed by atoms with Crippen LogP contribution in [-0.4, -0.2) is 23.7 Å². The van der Waals surface area contributed by atoms with E-state index >= 15 is 0 Å². The zero-order valence-corrected chi connectivity index (χ0v) is 12.4. The van der Waals surface area contributed by atoms with Gasteiger partial charge in [0, 0.05) is 18.3 Å². The minimum atomic E-state index is -0.988. The monoisotopic (exact) mass is 290 g/mol. The molecule has 0 fully saturated rings. The summed E-state index contributed by atoms with van der Waals surface area (Å²) in [7, 11) is 0. The van der Waals surface area contributed by atoms with E-state index in [0.717, 1.165) is 24.5 Å². The molecule has 0 aliphatic heterocycles. The first-order valence-corrected chi connectivity index (χ1v) is 7.11. The maximum Gasteiger partial charge on any atom is 0.328 e. The van der Waals surface area contributed by atoms with Gasteiger partial charge in [-0.25, -0.2) is 9.59 Å². The van der Waals surface area contributed by atoms with Gasteiger partial charge in [0.1, 0.15) is 0 Å². The Labute approximate surface area is 125 Å². The first kappa shape index (κ1) is 16.8. The standard InChI is InChI=1S/C16H22N2O3/c1-3-12(4-2)11-17-16(21)18-14-8-5-13(6-9-14)7-10-15(19)20/h5-10,12H,3-4,11H2,1-2H3,(H,19,20)(H2,17,18,21)/b10-7+. The normalized spacial score (nSPS) is 10.8. The van der Waals surface area contributed by atoms with Crippen LogP contribution < -0.4 is 10.6 Å². The van der Waals surface area contributed by atoms with Gasteiger partial charge in [0.05, 0.1) is 0 Å². The van der Waals surface area contributed by atoms with Crippen molar-refractivity contribution < 1.29 is 14.7 Å². The summed E-state index contributed by atoms with van der Waals surface area (Å²) in [5.41, 5.74) is 1.44. The van der Waals surface area contributed by atoms with Crippen molar-refractivity contribution >= 4 is 23.8 Å². The number of aliphatic carboxylic acids is 1. The van der Waals surface area contributed by atoms with Gasteiger partial charge in [0.2, 0.25) is 0 Å². The Bertz CT molecular complexity index is 491. The van der Waals surface area contributed by atoms with Gasteiger partial charge in [-0.05, 0) is 29.7 Å². The van der Waals surface area contributed by atoms with E-state index < -0.39 is 5.97 Å². The van der Waals surface area contributed by atoms with Gasteiger partial charge in [-0.3, -0.25) is 0 Å². The smallest absolute Gasteiger partial charge is 0.328 e. The Morgan fingerprint density at radius 3 is 2.33 bits per heavy atom. The van der Waals surface area contributed by atoms with Gasteiger partial charge in [0.25, 0.3) is 0 Å². The number of benzene rings is 1. The number of carbonyl (C=O) groups excluding carboxylic acids is 1. The Hall–Kier alpha value is -2.30. The molecule has 1 aromatic carbocycles. The number of carboxylic acids is 1. The molecule has 0 atom stereocenters. The second-order valence-corrected chi connectivity index (χ2v) is 4.81. The molecule has 0 heterocycles. The molecule has 0 saturated carbocycles.